The first-order valence-electron chi connectivity index (χ1n) is 13.1. The summed E-state index contributed by atoms with van der Waals surface area (Å²) in [5.74, 6) is 0.761. The van der Waals surface area contributed by atoms with Gasteiger partial charge in [0.25, 0.3) is 5.89 Å². The Morgan fingerprint density at radius 3 is 2.34 bits per heavy atom. The highest BCUT2D eigenvalue weighted by atomic mass is 35.5. The SMILES string of the molecule is CC(C)Cc1ccc(-c2nc(-c3ccc(CN4CCC(C(=O)O)(c5ccccc5)CC4)cc3)no2)cc1Cl. The van der Waals surface area contributed by atoms with Crippen LogP contribution in [0.2, 0.25) is 5.02 Å². The summed E-state index contributed by atoms with van der Waals surface area (Å²) in [4.78, 5) is 19.1. The third kappa shape index (κ3) is 5.52. The van der Waals surface area contributed by atoms with Crippen LogP contribution in [0.1, 0.15) is 43.4 Å². The van der Waals surface area contributed by atoms with Gasteiger partial charge >= 0.3 is 5.97 Å². The minimum Gasteiger partial charge on any atom is -0.481 e. The molecule has 1 aromatic heterocycles. The summed E-state index contributed by atoms with van der Waals surface area (Å²) in [6, 6.07) is 23.6. The average Bonchev–Trinajstić information content (AvgIpc) is 3.41. The van der Waals surface area contributed by atoms with Gasteiger partial charge < -0.3 is 9.63 Å². The molecule has 0 radical (unpaired) electrons. The van der Waals surface area contributed by atoms with Crippen molar-refractivity contribution in [2.45, 2.75) is 45.1 Å². The quantitative estimate of drug-likeness (QED) is 0.268. The molecule has 0 spiro atoms. The van der Waals surface area contributed by atoms with Crippen molar-refractivity contribution in [3.05, 3.63) is 94.5 Å². The second-order valence-corrected chi connectivity index (χ2v) is 11.0. The molecule has 0 atom stereocenters. The standard InChI is InChI=1S/C31H32ClN3O3/c1-21(2)18-24-12-13-25(19-27(24)32)29-33-28(34-38-29)23-10-8-22(9-11-23)20-35-16-14-31(15-17-35,30(36)37)26-6-4-3-5-7-26/h3-13,19,21H,14-18,20H2,1-2H3,(H,36,37). The minimum atomic E-state index is -0.809. The molecule has 0 unspecified atom stereocenters. The summed E-state index contributed by atoms with van der Waals surface area (Å²) < 4.78 is 5.53. The molecule has 1 saturated heterocycles. The van der Waals surface area contributed by atoms with Crippen molar-refractivity contribution >= 4 is 17.6 Å². The van der Waals surface area contributed by atoms with Crippen LogP contribution in [0.15, 0.2) is 77.3 Å². The Hall–Kier alpha value is -3.48. The van der Waals surface area contributed by atoms with Crippen LogP contribution < -0.4 is 0 Å². The van der Waals surface area contributed by atoms with Crippen LogP contribution >= 0.6 is 11.6 Å². The molecule has 4 aromatic rings. The zero-order valence-electron chi connectivity index (χ0n) is 21.7. The number of rotatable bonds is 8. The van der Waals surface area contributed by atoms with E-state index >= 15 is 0 Å². The predicted octanol–water partition coefficient (Wildman–Crippen LogP) is 6.87. The maximum absolute atomic E-state index is 12.2. The number of hydrogen-bond donors (Lipinski definition) is 1. The van der Waals surface area contributed by atoms with Crippen molar-refractivity contribution in [2.75, 3.05) is 13.1 Å². The normalized spacial score (nSPS) is 15.6. The number of carboxylic acids is 1. The molecule has 1 fully saturated rings. The van der Waals surface area contributed by atoms with Gasteiger partial charge in [0, 0.05) is 22.7 Å². The topological polar surface area (TPSA) is 79.5 Å². The molecule has 6 nitrogen and oxygen atoms in total. The number of hydrogen-bond acceptors (Lipinski definition) is 5. The van der Waals surface area contributed by atoms with Crippen LogP contribution in [-0.2, 0) is 23.2 Å². The second kappa shape index (κ2) is 11.1. The van der Waals surface area contributed by atoms with Crippen LogP contribution in [0.25, 0.3) is 22.8 Å². The lowest BCUT2D eigenvalue weighted by Crippen LogP contribution is -2.47. The van der Waals surface area contributed by atoms with E-state index in [0.29, 0.717) is 35.5 Å². The number of benzene rings is 3. The van der Waals surface area contributed by atoms with Crippen molar-refractivity contribution in [1.82, 2.24) is 15.0 Å². The number of carboxylic acid groups (broad SMARTS) is 1. The van der Waals surface area contributed by atoms with Crippen LogP contribution in [0.5, 0.6) is 0 Å². The largest absolute Gasteiger partial charge is 0.481 e. The molecule has 3 aromatic carbocycles. The smallest absolute Gasteiger partial charge is 0.314 e. The van der Waals surface area contributed by atoms with Gasteiger partial charge in [-0.3, -0.25) is 9.69 Å². The van der Waals surface area contributed by atoms with Gasteiger partial charge in [-0.25, -0.2) is 0 Å². The molecule has 0 aliphatic carbocycles. The highest BCUT2D eigenvalue weighted by molar-refractivity contribution is 6.31. The van der Waals surface area contributed by atoms with Gasteiger partial charge in [0.1, 0.15) is 0 Å². The van der Waals surface area contributed by atoms with E-state index in [4.69, 9.17) is 16.1 Å². The molecule has 1 aliphatic heterocycles. The Morgan fingerprint density at radius 1 is 1.03 bits per heavy atom. The van der Waals surface area contributed by atoms with Gasteiger partial charge in [-0.1, -0.05) is 91.3 Å². The van der Waals surface area contributed by atoms with E-state index in [9.17, 15) is 9.90 Å². The number of likely N-dealkylation sites (tertiary alicyclic amines) is 1. The Morgan fingerprint density at radius 2 is 1.71 bits per heavy atom. The Kier molecular flexibility index (Phi) is 7.63. The Balaban J connectivity index is 1.22. The van der Waals surface area contributed by atoms with E-state index < -0.39 is 11.4 Å². The Bertz CT molecular complexity index is 1390. The molecule has 38 heavy (non-hydrogen) atoms. The van der Waals surface area contributed by atoms with Gasteiger partial charge in [-0.15, -0.1) is 0 Å². The third-order valence-electron chi connectivity index (χ3n) is 7.42. The molecule has 0 bridgehead atoms. The summed E-state index contributed by atoms with van der Waals surface area (Å²) in [5, 5.41) is 14.9. The van der Waals surface area contributed by atoms with Gasteiger partial charge in [-0.2, -0.15) is 4.98 Å². The summed E-state index contributed by atoms with van der Waals surface area (Å²) in [6.07, 6.45) is 2.11. The second-order valence-electron chi connectivity index (χ2n) is 10.6. The van der Waals surface area contributed by atoms with E-state index in [-0.39, 0.29) is 0 Å². The fourth-order valence-corrected chi connectivity index (χ4v) is 5.49. The van der Waals surface area contributed by atoms with Crippen molar-refractivity contribution in [2.24, 2.45) is 5.92 Å². The van der Waals surface area contributed by atoms with Crippen LogP contribution in [0.3, 0.4) is 0 Å². The lowest BCUT2D eigenvalue weighted by Gasteiger charge is -2.39. The number of carbonyl (C=O) groups is 1. The molecule has 0 amide bonds. The Labute approximate surface area is 228 Å². The van der Waals surface area contributed by atoms with Crippen molar-refractivity contribution in [1.29, 1.82) is 0 Å². The summed E-state index contributed by atoms with van der Waals surface area (Å²) in [6.45, 7) is 6.57. The zero-order chi connectivity index (χ0) is 26.7. The van der Waals surface area contributed by atoms with E-state index in [2.05, 4.69) is 41.0 Å². The van der Waals surface area contributed by atoms with Gasteiger partial charge in [0.05, 0.1) is 5.41 Å². The summed E-state index contributed by atoms with van der Waals surface area (Å²) in [5.41, 5.74) is 4.03. The average molecular weight is 530 g/mol. The molecule has 2 heterocycles. The molecular formula is C31H32ClN3O3. The van der Waals surface area contributed by atoms with Crippen LogP contribution in [0.4, 0.5) is 0 Å². The fourth-order valence-electron chi connectivity index (χ4n) is 5.24. The first-order chi connectivity index (χ1) is 18.3. The molecule has 5 rings (SSSR count). The van der Waals surface area contributed by atoms with E-state index in [1.807, 2.05) is 60.7 Å². The van der Waals surface area contributed by atoms with Crippen LogP contribution in [-0.4, -0.2) is 39.2 Å². The molecule has 7 heteroatoms. The van der Waals surface area contributed by atoms with Crippen molar-refractivity contribution in [3.8, 4) is 22.8 Å². The van der Waals surface area contributed by atoms with E-state index in [1.165, 1.54) is 0 Å². The lowest BCUT2D eigenvalue weighted by molar-refractivity contribution is -0.146. The first-order valence-corrected chi connectivity index (χ1v) is 13.4. The predicted molar refractivity (Wildman–Crippen MR) is 149 cm³/mol. The zero-order valence-corrected chi connectivity index (χ0v) is 22.5. The lowest BCUT2D eigenvalue weighted by atomic mass is 9.73. The van der Waals surface area contributed by atoms with E-state index in [1.54, 1.807) is 0 Å². The monoisotopic (exact) mass is 529 g/mol. The number of aliphatic carboxylic acids is 1. The van der Waals surface area contributed by atoms with Gasteiger partial charge in [-0.05, 0) is 67.1 Å². The molecule has 0 saturated carbocycles. The number of piperidine rings is 1. The molecular weight excluding hydrogens is 498 g/mol. The summed E-state index contributed by atoms with van der Waals surface area (Å²) >= 11 is 6.48. The molecule has 1 N–H and O–H groups in total. The molecule has 1 aliphatic rings. The minimum absolute atomic E-state index is 0.440. The highest BCUT2D eigenvalue weighted by Crippen LogP contribution is 2.36. The first kappa shape index (κ1) is 26.1. The third-order valence-corrected chi connectivity index (χ3v) is 7.77. The number of halogens is 1. The van der Waals surface area contributed by atoms with Crippen LogP contribution in [0, 0.1) is 5.92 Å². The van der Waals surface area contributed by atoms with Crippen molar-refractivity contribution in [3.63, 3.8) is 0 Å². The molecule has 196 valence electrons. The van der Waals surface area contributed by atoms with Gasteiger partial charge in [0.2, 0.25) is 5.82 Å². The number of aromatic nitrogens is 2. The summed E-state index contributed by atoms with van der Waals surface area (Å²) in [7, 11) is 0. The maximum atomic E-state index is 12.2. The van der Waals surface area contributed by atoms with Crippen molar-refractivity contribution < 1.29 is 14.4 Å². The maximum Gasteiger partial charge on any atom is 0.314 e. The van der Waals surface area contributed by atoms with E-state index in [0.717, 1.165) is 53.9 Å². The fraction of sp³-hybridized carbons (Fsp3) is 0.323. The highest BCUT2D eigenvalue weighted by Gasteiger charge is 2.42. The number of nitrogens with zero attached hydrogens (tertiary/aromatic N) is 3. The van der Waals surface area contributed by atoms with Gasteiger partial charge in [0.15, 0.2) is 0 Å².